The average molecular weight is 385 g/mol. The van der Waals surface area contributed by atoms with Gasteiger partial charge in [-0.05, 0) is 51.2 Å². The van der Waals surface area contributed by atoms with E-state index < -0.39 is 0 Å². The number of aryl methyl sites for hydroxylation is 2. The van der Waals surface area contributed by atoms with Gasteiger partial charge in [-0.25, -0.2) is 15.0 Å². The molecule has 0 aliphatic carbocycles. The van der Waals surface area contributed by atoms with Crippen LogP contribution >= 0.6 is 0 Å². The van der Waals surface area contributed by atoms with Crippen molar-refractivity contribution in [2.24, 2.45) is 10.9 Å². The Kier molecular flexibility index (Phi) is 6.90. The first-order chi connectivity index (χ1) is 13.5. The normalized spacial score (nSPS) is 15.7. The fraction of sp³-hybridized carbons (Fsp3) is 0.571. The highest BCUT2D eigenvalue weighted by atomic mass is 16.4. The van der Waals surface area contributed by atoms with Crippen LogP contribution in [-0.4, -0.2) is 35.6 Å². The lowest BCUT2D eigenvalue weighted by Crippen LogP contribution is -2.36. The van der Waals surface area contributed by atoms with Crippen molar-refractivity contribution < 1.29 is 4.42 Å². The largest absolute Gasteiger partial charge is 0.444 e. The number of aromatic nitrogens is 2. The molecule has 0 radical (unpaired) electrons. The summed E-state index contributed by atoms with van der Waals surface area (Å²) in [4.78, 5) is 16.1. The van der Waals surface area contributed by atoms with Crippen LogP contribution in [0, 0.1) is 19.8 Å². The molecule has 0 spiro atoms. The van der Waals surface area contributed by atoms with Crippen molar-refractivity contribution >= 4 is 11.8 Å². The number of aliphatic imine (C=N–C) groups is 1. The van der Waals surface area contributed by atoms with Crippen LogP contribution < -0.4 is 15.5 Å². The van der Waals surface area contributed by atoms with E-state index in [1.165, 1.54) is 12.8 Å². The van der Waals surface area contributed by atoms with Crippen LogP contribution in [0.2, 0.25) is 0 Å². The lowest BCUT2D eigenvalue weighted by atomic mass is 9.99. The summed E-state index contributed by atoms with van der Waals surface area (Å²) < 4.78 is 5.61. The highest BCUT2D eigenvalue weighted by Crippen LogP contribution is 2.21. The van der Waals surface area contributed by atoms with Gasteiger partial charge in [-0.1, -0.05) is 13.0 Å². The van der Waals surface area contributed by atoms with Gasteiger partial charge in [-0.15, -0.1) is 0 Å². The quantitative estimate of drug-likeness (QED) is 0.588. The zero-order chi connectivity index (χ0) is 19.9. The molecule has 1 aliphatic rings. The number of pyridine rings is 1. The highest BCUT2D eigenvalue weighted by Gasteiger charge is 2.16. The van der Waals surface area contributed by atoms with Gasteiger partial charge in [0.15, 0.2) is 5.96 Å². The van der Waals surface area contributed by atoms with E-state index in [2.05, 4.69) is 49.6 Å². The molecule has 28 heavy (non-hydrogen) atoms. The van der Waals surface area contributed by atoms with Crippen LogP contribution in [0.5, 0.6) is 0 Å². The molecule has 0 aromatic carbocycles. The van der Waals surface area contributed by atoms with Gasteiger partial charge in [0.2, 0.25) is 5.89 Å². The van der Waals surface area contributed by atoms with Crippen molar-refractivity contribution in [2.45, 2.75) is 53.6 Å². The van der Waals surface area contributed by atoms with E-state index in [1.54, 1.807) is 0 Å². The van der Waals surface area contributed by atoms with Crippen molar-refractivity contribution in [2.75, 3.05) is 24.5 Å². The smallest absolute Gasteiger partial charge is 0.214 e. The Balaban J connectivity index is 1.56. The minimum Gasteiger partial charge on any atom is -0.444 e. The molecule has 1 saturated heterocycles. The summed E-state index contributed by atoms with van der Waals surface area (Å²) in [5.74, 6) is 4.16. The molecule has 2 N–H and O–H groups in total. The summed E-state index contributed by atoms with van der Waals surface area (Å²) in [6, 6.07) is 4.23. The molecular weight excluding hydrogens is 352 g/mol. The Bertz CT molecular complexity index is 755. The molecule has 7 nitrogen and oxygen atoms in total. The molecule has 1 aliphatic heterocycles. The summed E-state index contributed by atoms with van der Waals surface area (Å²) in [5.41, 5.74) is 2.02. The number of anilines is 1. The second kappa shape index (κ2) is 9.57. The van der Waals surface area contributed by atoms with Gasteiger partial charge in [0, 0.05) is 25.8 Å². The first-order valence-electron chi connectivity index (χ1n) is 10.2. The van der Waals surface area contributed by atoms with Gasteiger partial charge >= 0.3 is 0 Å². The van der Waals surface area contributed by atoms with Crippen LogP contribution in [0.4, 0.5) is 5.82 Å². The monoisotopic (exact) mass is 384 g/mol. The molecule has 0 amide bonds. The number of nitrogens with one attached hydrogen (secondary N) is 2. The van der Waals surface area contributed by atoms with E-state index in [4.69, 9.17) is 4.42 Å². The lowest BCUT2D eigenvalue weighted by Gasteiger charge is -2.31. The molecule has 3 heterocycles. The minimum atomic E-state index is 0.505. The standard InChI is InChI=1S/C21H32N6O/c1-5-22-21(25-14-20-26-16(3)17(4)28-20)24-13-18-6-7-19(23-12-18)27-10-8-15(2)9-11-27/h6-7,12,15H,5,8-11,13-14H2,1-4H3,(H2,22,24,25). The first-order valence-corrected chi connectivity index (χ1v) is 10.2. The van der Waals surface area contributed by atoms with Crippen LogP contribution in [-0.2, 0) is 13.1 Å². The zero-order valence-electron chi connectivity index (χ0n) is 17.5. The number of piperidine rings is 1. The van der Waals surface area contributed by atoms with Crippen molar-refractivity contribution in [1.82, 2.24) is 20.6 Å². The maximum atomic E-state index is 5.61. The molecule has 152 valence electrons. The van der Waals surface area contributed by atoms with E-state index >= 15 is 0 Å². The van der Waals surface area contributed by atoms with E-state index in [1.807, 2.05) is 27.0 Å². The third kappa shape index (κ3) is 5.47. The Labute approximate surface area is 167 Å². The third-order valence-electron chi connectivity index (χ3n) is 5.16. The number of oxazole rings is 1. The van der Waals surface area contributed by atoms with E-state index in [-0.39, 0.29) is 0 Å². The molecule has 2 aromatic heterocycles. The number of rotatable bonds is 6. The van der Waals surface area contributed by atoms with Gasteiger partial charge in [-0.3, -0.25) is 0 Å². The number of guanidine groups is 1. The summed E-state index contributed by atoms with van der Waals surface area (Å²) in [6.07, 6.45) is 4.42. The van der Waals surface area contributed by atoms with Crippen LogP contribution in [0.15, 0.2) is 27.7 Å². The Morgan fingerprint density at radius 3 is 2.64 bits per heavy atom. The predicted octanol–water partition coefficient (Wildman–Crippen LogP) is 3.18. The molecule has 0 unspecified atom stereocenters. The van der Waals surface area contributed by atoms with E-state index in [9.17, 15) is 0 Å². The number of nitrogens with zero attached hydrogens (tertiary/aromatic N) is 4. The van der Waals surface area contributed by atoms with Crippen molar-refractivity contribution in [3.63, 3.8) is 0 Å². The molecule has 0 bridgehead atoms. The average Bonchev–Trinajstić information content (AvgIpc) is 3.03. The molecule has 1 fully saturated rings. The maximum Gasteiger partial charge on any atom is 0.214 e. The van der Waals surface area contributed by atoms with Crippen molar-refractivity contribution in [3.05, 3.63) is 41.2 Å². The van der Waals surface area contributed by atoms with Crippen LogP contribution in [0.25, 0.3) is 0 Å². The van der Waals surface area contributed by atoms with Gasteiger partial charge < -0.3 is 20.0 Å². The van der Waals surface area contributed by atoms with E-state index in [0.717, 1.165) is 54.3 Å². The Morgan fingerprint density at radius 1 is 1.25 bits per heavy atom. The Morgan fingerprint density at radius 2 is 2.04 bits per heavy atom. The minimum absolute atomic E-state index is 0.505. The van der Waals surface area contributed by atoms with Gasteiger partial charge in [0.05, 0.1) is 18.8 Å². The van der Waals surface area contributed by atoms with Gasteiger partial charge in [0.1, 0.15) is 11.6 Å². The van der Waals surface area contributed by atoms with Crippen molar-refractivity contribution in [3.8, 4) is 0 Å². The second-order valence-electron chi connectivity index (χ2n) is 7.49. The SMILES string of the molecule is CCNC(=NCc1ccc(N2CCC(C)CC2)nc1)NCc1nc(C)c(C)o1. The third-order valence-corrected chi connectivity index (χ3v) is 5.16. The summed E-state index contributed by atoms with van der Waals surface area (Å²) >= 11 is 0. The molecule has 2 aromatic rings. The summed E-state index contributed by atoms with van der Waals surface area (Å²) in [7, 11) is 0. The first kappa shape index (κ1) is 20.2. The number of hydrogen-bond donors (Lipinski definition) is 2. The fourth-order valence-electron chi connectivity index (χ4n) is 3.22. The fourth-order valence-corrected chi connectivity index (χ4v) is 3.22. The van der Waals surface area contributed by atoms with Gasteiger partial charge in [-0.2, -0.15) is 0 Å². The molecular formula is C21H32N6O. The maximum absolute atomic E-state index is 5.61. The Hall–Kier alpha value is -2.57. The van der Waals surface area contributed by atoms with Crippen molar-refractivity contribution in [1.29, 1.82) is 0 Å². The molecule has 0 atom stereocenters. The molecule has 0 saturated carbocycles. The zero-order valence-corrected chi connectivity index (χ0v) is 17.5. The highest BCUT2D eigenvalue weighted by molar-refractivity contribution is 5.79. The second-order valence-corrected chi connectivity index (χ2v) is 7.49. The van der Waals surface area contributed by atoms with Crippen LogP contribution in [0.3, 0.4) is 0 Å². The van der Waals surface area contributed by atoms with E-state index in [0.29, 0.717) is 19.0 Å². The van der Waals surface area contributed by atoms with Gasteiger partial charge in [0.25, 0.3) is 0 Å². The summed E-state index contributed by atoms with van der Waals surface area (Å²) in [6.45, 7) is 12.3. The predicted molar refractivity (Wildman–Crippen MR) is 112 cm³/mol. The lowest BCUT2D eigenvalue weighted by molar-refractivity contribution is 0.436. The summed E-state index contributed by atoms with van der Waals surface area (Å²) in [5, 5.41) is 6.52. The van der Waals surface area contributed by atoms with Crippen LogP contribution in [0.1, 0.15) is 49.6 Å². The topological polar surface area (TPSA) is 78.6 Å². The molecule has 7 heteroatoms. The number of hydrogen-bond acceptors (Lipinski definition) is 5. The molecule has 3 rings (SSSR count).